The minimum Gasteiger partial charge on any atom is -0.469 e. The monoisotopic (exact) mass is 388 g/mol. The van der Waals surface area contributed by atoms with Crippen molar-refractivity contribution in [2.75, 3.05) is 18.5 Å². The smallest absolute Gasteiger partial charge is 0.238 e. The van der Waals surface area contributed by atoms with Gasteiger partial charge in [-0.05, 0) is 35.7 Å². The fraction of sp³-hybridized carbons (Fsp3) is 0.250. The van der Waals surface area contributed by atoms with Gasteiger partial charge in [0.1, 0.15) is 5.76 Å². The lowest BCUT2D eigenvalue weighted by molar-refractivity contribution is -0.129. The summed E-state index contributed by atoms with van der Waals surface area (Å²) in [6, 6.07) is 21.4. The maximum absolute atomic E-state index is 13.4. The molecular formula is C24H24N2O3. The lowest BCUT2D eigenvalue weighted by Gasteiger charge is -2.28. The van der Waals surface area contributed by atoms with Gasteiger partial charge in [0.2, 0.25) is 11.8 Å². The van der Waals surface area contributed by atoms with Crippen molar-refractivity contribution in [3.63, 3.8) is 0 Å². The average Bonchev–Trinajstić information content (AvgIpc) is 3.32. The molecule has 1 N–H and O–H groups in total. The molecule has 0 spiro atoms. The highest BCUT2D eigenvalue weighted by Gasteiger charge is 2.50. The lowest BCUT2D eigenvalue weighted by atomic mass is 9.73. The first kappa shape index (κ1) is 19.0. The Labute approximate surface area is 170 Å². The molecule has 5 heteroatoms. The summed E-state index contributed by atoms with van der Waals surface area (Å²) in [6.07, 6.45) is 2.84. The Bertz CT molecular complexity index is 998. The third-order valence-electron chi connectivity index (χ3n) is 5.58. The van der Waals surface area contributed by atoms with Gasteiger partial charge in [-0.3, -0.25) is 9.59 Å². The summed E-state index contributed by atoms with van der Waals surface area (Å²) in [5, 5.41) is 2.95. The Hall–Kier alpha value is -3.34. The van der Waals surface area contributed by atoms with E-state index in [0.717, 1.165) is 22.6 Å². The molecule has 1 atom stereocenters. The highest BCUT2D eigenvalue weighted by molar-refractivity contribution is 6.09. The summed E-state index contributed by atoms with van der Waals surface area (Å²) in [5.41, 5.74) is 1.92. The van der Waals surface area contributed by atoms with Crippen LogP contribution in [0.5, 0.6) is 0 Å². The van der Waals surface area contributed by atoms with Gasteiger partial charge >= 0.3 is 0 Å². The molecule has 5 nitrogen and oxygen atoms in total. The minimum absolute atomic E-state index is 0.0382. The second-order valence-corrected chi connectivity index (χ2v) is 7.48. The largest absolute Gasteiger partial charge is 0.469 e. The molecule has 2 amide bonds. The van der Waals surface area contributed by atoms with Gasteiger partial charge in [0.05, 0.1) is 11.7 Å². The quantitative estimate of drug-likeness (QED) is 0.674. The number of rotatable bonds is 7. The molecule has 2 aromatic carbocycles. The molecule has 148 valence electrons. The molecule has 3 aromatic rings. The number of anilines is 1. The molecular weight excluding hydrogens is 364 g/mol. The van der Waals surface area contributed by atoms with E-state index in [1.807, 2.05) is 66.7 Å². The summed E-state index contributed by atoms with van der Waals surface area (Å²) >= 11 is 0. The van der Waals surface area contributed by atoms with Gasteiger partial charge in [-0.25, -0.2) is 0 Å². The molecule has 2 heterocycles. The van der Waals surface area contributed by atoms with Crippen molar-refractivity contribution in [2.24, 2.45) is 0 Å². The number of nitrogens with zero attached hydrogens (tertiary/aromatic N) is 1. The van der Waals surface area contributed by atoms with E-state index >= 15 is 0 Å². The Kier molecular flexibility index (Phi) is 5.21. The van der Waals surface area contributed by atoms with Gasteiger partial charge in [0.25, 0.3) is 0 Å². The summed E-state index contributed by atoms with van der Waals surface area (Å²) in [5.74, 6) is 0.654. The number of fused-ring (bicyclic) bond motifs is 1. The number of furan rings is 1. The van der Waals surface area contributed by atoms with Gasteiger partial charge in [-0.15, -0.1) is 0 Å². The molecule has 0 saturated heterocycles. The van der Waals surface area contributed by atoms with E-state index < -0.39 is 5.41 Å². The highest BCUT2D eigenvalue weighted by Crippen LogP contribution is 2.45. The first-order valence-electron chi connectivity index (χ1n) is 9.81. The number of hydrogen-bond acceptors (Lipinski definition) is 3. The SMILES string of the molecule is CN1C(=O)[C@](CC(=O)NCCc2ccco2)(Cc2ccccc2)c2ccccc21. The van der Waals surface area contributed by atoms with Crippen molar-refractivity contribution in [1.82, 2.24) is 5.32 Å². The Morgan fingerprint density at radius 1 is 1.03 bits per heavy atom. The second kappa shape index (κ2) is 7.95. The molecule has 0 bridgehead atoms. The zero-order valence-electron chi connectivity index (χ0n) is 16.4. The zero-order valence-corrected chi connectivity index (χ0v) is 16.4. The summed E-state index contributed by atoms with van der Waals surface area (Å²) in [6.45, 7) is 0.472. The first-order valence-corrected chi connectivity index (χ1v) is 9.81. The summed E-state index contributed by atoms with van der Waals surface area (Å²) in [7, 11) is 1.78. The van der Waals surface area contributed by atoms with Gasteiger partial charge in [-0.2, -0.15) is 0 Å². The van der Waals surface area contributed by atoms with E-state index in [9.17, 15) is 9.59 Å². The fourth-order valence-electron chi connectivity index (χ4n) is 4.18. The van der Waals surface area contributed by atoms with Crippen LogP contribution < -0.4 is 10.2 Å². The molecule has 0 fully saturated rings. The van der Waals surface area contributed by atoms with E-state index in [-0.39, 0.29) is 18.2 Å². The standard InChI is InChI=1S/C24H24N2O3/c1-26-21-12-6-5-11-20(21)24(23(26)28,16-18-8-3-2-4-9-18)17-22(27)25-14-13-19-10-7-15-29-19/h2-12,15H,13-14,16-17H2,1H3,(H,25,27)/t24-/m0/s1. The third-order valence-corrected chi connectivity index (χ3v) is 5.58. The molecule has 29 heavy (non-hydrogen) atoms. The molecule has 1 aliphatic heterocycles. The van der Waals surface area contributed by atoms with Gasteiger partial charge < -0.3 is 14.6 Å². The maximum atomic E-state index is 13.4. The molecule has 0 saturated carbocycles. The van der Waals surface area contributed by atoms with Crippen LogP contribution in [-0.2, 0) is 27.8 Å². The molecule has 0 aliphatic carbocycles. The average molecular weight is 388 g/mol. The van der Waals surface area contributed by atoms with Crippen LogP contribution in [0.15, 0.2) is 77.4 Å². The third kappa shape index (κ3) is 3.68. The number of nitrogens with one attached hydrogen (secondary N) is 1. The van der Waals surface area contributed by atoms with E-state index in [2.05, 4.69) is 5.32 Å². The maximum Gasteiger partial charge on any atom is 0.238 e. The number of amides is 2. The Morgan fingerprint density at radius 2 is 1.79 bits per heavy atom. The molecule has 0 unspecified atom stereocenters. The van der Waals surface area contributed by atoms with Crippen molar-refractivity contribution in [2.45, 2.75) is 24.7 Å². The second-order valence-electron chi connectivity index (χ2n) is 7.48. The normalized spacial score (nSPS) is 18.0. The molecule has 0 radical (unpaired) electrons. The number of carbonyl (C=O) groups excluding carboxylic acids is 2. The van der Waals surface area contributed by atoms with E-state index in [1.165, 1.54) is 0 Å². The molecule has 1 aliphatic rings. The van der Waals surface area contributed by atoms with Crippen LogP contribution in [0.25, 0.3) is 0 Å². The van der Waals surface area contributed by atoms with Crippen LogP contribution >= 0.6 is 0 Å². The summed E-state index contributed by atoms with van der Waals surface area (Å²) < 4.78 is 5.31. The lowest BCUT2D eigenvalue weighted by Crippen LogP contribution is -2.44. The van der Waals surface area contributed by atoms with Gasteiger partial charge in [0, 0.05) is 32.1 Å². The predicted octanol–water partition coefficient (Wildman–Crippen LogP) is 3.49. The van der Waals surface area contributed by atoms with E-state index in [0.29, 0.717) is 19.4 Å². The van der Waals surface area contributed by atoms with Gasteiger partial charge in [-0.1, -0.05) is 48.5 Å². The van der Waals surface area contributed by atoms with Crippen molar-refractivity contribution in [1.29, 1.82) is 0 Å². The zero-order chi connectivity index (χ0) is 20.3. The van der Waals surface area contributed by atoms with Crippen LogP contribution in [-0.4, -0.2) is 25.4 Å². The Morgan fingerprint density at radius 3 is 2.55 bits per heavy atom. The van der Waals surface area contributed by atoms with Crippen molar-refractivity contribution >= 4 is 17.5 Å². The van der Waals surface area contributed by atoms with Crippen molar-refractivity contribution < 1.29 is 14.0 Å². The topological polar surface area (TPSA) is 62.6 Å². The summed E-state index contributed by atoms with van der Waals surface area (Å²) in [4.78, 5) is 28.0. The Balaban J connectivity index is 1.59. The number of hydrogen-bond donors (Lipinski definition) is 1. The molecule has 4 rings (SSSR count). The highest BCUT2D eigenvalue weighted by atomic mass is 16.3. The van der Waals surface area contributed by atoms with E-state index in [4.69, 9.17) is 4.42 Å². The van der Waals surface area contributed by atoms with Crippen molar-refractivity contribution in [3.05, 3.63) is 89.9 Å². The minimum atomic E-state index is -0.901. The van der Waals surface area contributed by atoms with Crippen LogP contribution in [0.2, 0.25) is 0 Å². The predicted molar refractivity (Wildman–Crippen MR) is 112 cm³/mol. The number of benzene rings is 2. The van der Waals surface area contributed by atoms with Crippen LogP contribution in [0.1, 0.15) is 23.3 Å². The number of carbonyl (C=O) groups is 2. The van der Waals surface area contributed by atoms with E-state index in [1.54, 1.807) is 18.2 Å². The van der Waals surface area contributed by atoms with Crippen LogP contribution in [0.4, 0.5) is 5.69 Å². The van der Waals surface area contributed by atoms with Crippen LogP contribution in [0, 0.1) is 0 Å². The van der Waals surface area contributed by atoms with Crippen LogP contribution in [0.3, 0.4) is 0 Å². The fourth-order valence-corrected chi connectivity index (χ4v) is 4.18. The number of para-hydroxylation sites is 1. The molecule has 1 aromatic heterocycles. The van der Waals surface area contributed by atoms with Crippen molar-refractivity contribution in [3.8, 4) is 0 Å². The first-order chi connectivity index (χ1) is 14.1. The number of likely N-dealkylation sites (N-methyl/N-ethyl adjacent to an activating group) is 1. The van der Waals surface area contributed by atoms with Gasteiger partial charge in [0.15, 0.2) is 0 Å².